The van der Waals surface area contributed by atoms with Gasteiger partial charge in [0.05, 0.1) is 11.9 Å². The van der Waals surface area contributed by atoms with Gasteiger partial charge in [-0.1, -0.05) is 0 Å². The second-order valence-corrected chi connectivity index (χ2v) is 8.48. The number of anilines is 1. The Kier molecular flexibility index (Phi) is 5.09. The SMILES string of the molecule is Cn1ncc(NC(=O)c2cc3nc(C4CC4)cc(C(F)(F)F)n3n2)c1C(=O)N1CCCCC1. The number of fused-ring (bicyclic) bond motifs is 1. The summed E-state index contributed by atoms with van der Waals surface area (Å²) in [7, 11) is 1.59. The van der Waals surface area contributed by atoms with E-state index in [0.717, 1.165) is 38.2 Å². The first-order valence-electron chi connectivity index (χ1n) is 10.8. The first-order valence-corrected chi connectivity index (χ1v) is 10.8. The van der Waals surface area contributed by atoms with Crippen molar-refractivity contribution >= 4 is 23.1 Å². The highest BCUT2D eigenvalue weighted by atomic mass is 19.4. The Bertz CT molecular complexity index is 1240. The summed E-state index contributed by atoms with van der Waals surface area (Å²) in [4.78, 5) is 31.8. The number of carbonyl (C=O) groups is 2. The predicted molar refractivity (Wildman–Crippen MR) is 111 cm³/mol. The maximum atomic E-state index is 13.6. The minimum atomic E-state index is -4.65. The molecule has 0 bridgehead atoms. The van der Waals surface area contributed by atoms with Gasteiger partial charge in [0.15, 0.2) is 11.3 Å². The molecule has 4 heterocycles. The molecule has 9 nitrogen and oxygen atoms in total. The van der Waals surface area contributed by atoms with E-state index in [4.69, 9.17) is 0 Å². The average molecular weight is 461 g/mol. The van der Waals surface area contributed by atoms with Gasteiger partial charge in [-0.2, -0.15) is 23.4 Å². The van der Waals surface area contributed by atoms with Crippen molar-refractivity contribution in [2.75, 3.05) is 18.4 Å². The summed E-state index contributed by atoms with van der Waals surface area (Å²) in [6.45, 7) is 1.25. The fraction of sp³-hybridized carbons (Fsp3) is 0.476. The zero-order valence-electron chi connectivity index (χ0n) is 17.9. The molecule has 174 valence electrons. The van der Waals surface area contributed by atoms with Crippen molar-refractivity contribution in [1.29, 1.82) is 0 Å². The second kappa shape index (κ2) is 7.85. The number of nitrogens with one attached hydrogen (secondary N) is 1. The number of piperidine rings is 1. The van der Waals surface area contributed by atoms with E-state index in [2.05, 4.69) is 20.5 Å². The number of amides is 2. The molecule has 2 aliphatic rings. The minimum Gasteiger partial charge on any atom is -0.337 e. The molecule has 3 aromatic rings. The molecule has 1 aliphatic heterocycles. The number of hydrogen-bond donors (Lipinski definition) is 1. The van der Waals surface area contributed by atoms with E-state index in [1.807, 2.05) is 0 Å². The van der Waals surface area contributed by atoms with Crippen molar-refractivity contribution in [1.82, 2.24) is 29.3 Å². The Morgan fingerprint density at radius 3 is 2.52 bits per heavy atom. The lowest BCUT2D eigenvalue weighted by molar-refractivity contribution is -0.142. The normalized spacial score (nSPS) is 16.9. The highest BCUT2D eigenvalue weighted by molar-refractivity contribution is 6.07. The summed E-state index contributed by atoms with van der Waals surface area (Å²) in [5.41, 5.74) is -0.523. The maximum absolute atomic E-state index is 13.6. The summed E-state index contributed by atoms with van der Waals surface area (Å²) in [5.74, 6) is -1.00. The van der Waals surface area contributed by atoms with E-state index >= 15 is 0 Å². The second-order valence-electron chi connectivity index (χ2n) is 8.48. The third kappa shape index (κ3) is 4.05. The van der Waals surface area contributed by atoms with Gasteiger partial charge in [0, 0.05) is 37.8 Å². The molecule has 3 aromatic heterocycles. The summed E-state index contributed by atoms with van der Waals surface area (Å²) in [6, 6.07) is 2.22. The van der Waals surface area contributed by atoms with Gasteiger partial charge in [0.2, 0.25) is 0 Å². The lowest BCUT2D eigenvalue weighted by Gasteiger charge is -2.27. The summed E-state index contributed by atoms with van der Waals surface area (Å²) in [5, 5.41) is 10.5. The standard InChI is InChI=1S/C21H22F3N7O2/c1-29-18(20(33)30-7-3-2-4-8-30)15(11-25-29)27-19(32)14-10-17-26-13(12-5-6-12)9-16(21(22,23)24)31(17)28-14/h9-12H,2-8H2,1H3,(H,27,32). The van der Waals surface area contributed by atoms with Crippen LogP contribution in [0, 0.1) is 0 Å². The van der Waals surface area contributed by atoms with Crippen LogP contribution in [-0.4, -0.2) is 54.2 Å². The lowest BCUT2D eigenvalue weighted by Crippen LogP contribution is -2.37. The Balaban J connectivity index is 1.45. The number of aromatic nitrogens is 5. The number of alkyl halides is 3. The Hall–Kier alpha value is -3.44. The molecule has 2 amide bonds. The molecule has 1 saturated carbocycles. The topological polar surface area (TPSA) is 97.4 Å². The number of nitrogens with zero attached hydrogens (tertiary/aromatic N) is 6. The number of likely N-dealkylation sites (tertiary alicyclic amines) is 1. The fourth-order valence-corrected chi connectivity index (χ4v) is 4.11. The molecular weight excluding hydrogens is 439 g/mol. The predicted octanol–water partition coefficient (Wildman–Crippen LogP) is 3.24. The smallest absolute Gasteiger partial charge is 0.337 e. The van der Waals surface area contributed by atoms with Gasteiger partial charge in [0.1, 0.15) is 11.4 Å². The zero-order chi connectivity index (χ0) is 23.3. The van der Waals surface area contributed by atoms with Gasteiger partial charge in [-0.05, 0) is 38.2 Å². The van der Waals surface area contributed by atoms with E-state index in [-0.39, 0.29) is 34.5 Å². The van der Waals surface area contributed by atoms with Crippen molar-refractivity contribution in [3.63, 3.8) is 0 Å². The van der Waals surface area contributed by atoms with Crippen molar-refractivity contribution in [3.05, 3.63) is 41.1 Å². The fourth-order valence-electron chi connectivity index (χ4n) is 4.11. The summed E-state index contributed by atoms with van der Waals surface area (Å²) < 4.78 is 42.9. The van der Waals surface area contributed by atoms with Crippen molar-refractivity contribution < 1.29 is 22.8 Å². The quantitative estimate of drug-likeness (QED) is 0.644. The van der Waals surface area contributed by atoms with Crippen LogP contribution in [0.2, 0.25) is 0 Å². The zero-order valence-corrected chi connectivity index (χ0v) is 17.9. The summed E-state index contributed by atoms with van der Waals surface area (Å²) in [6.07, 6.45) is 1.14. The van der Waals surface area contributed by atoms with Crippen LogP contribution in [-0.2, 0) is 13.2 Å². The highest BCUT2D eigenvalue weighted by Gasteiger charge is 2.37. The van der Waals surface area contributed by atoms with E-state index in [1.165, 1.54) is 16.9 Å². The Labute approximate surface area is 186 Å². The minimum absolute atomic E-state index is 0.00188. The number of halogens is 3. The Morgan fingerprint density at radius 1 is 1.12 bits per heavy atom. The van der Waals surface area contributed by atoms with Gasteiger partial charge in [0.25, 0.3) is 11.8 Å². The first kappa shape index (κ1) is 21.4. The molecule has 0 aromatic carbocycles. The molecule has 0 unspecified atom stereocenters. The number of hydrogen-bond acceptors (Lipinski definition) is 5. The average Bonchev–Trinajstić information content (AvgIpc) is 3.45. The molecule has 1 saturated heterocycles. The molecule has 12 heteroatoms. The first-order chi connectivity index (χ1) is 15.7. The van der Waals surface area contributed by atoms with Crippen LogP contribution in [0.25, 0.3) is 5.65 Å². The van der Waals surface area contributed by atoms with Gasteiger partial charge in [-0.25, -0.2) is 9.50 Å². The maximum Gasteiger partial charge on any atom is 0.433 e. The molecule has 0 spiro atoms. The molecular formula is C21H22F3N7O2. The Morgan fingerprint density at radius 2 is 1.85 bits per heavy atom. The molecule has 0 atom stereocenters. The van der Waals surface area contributed by atoms with Crippen LogP contribution in [0.4, 0.5) is 18.9 Å². The van der Waals surface area contributed by atoms with E-state index in [1.54, 1.807) is 11.9 Å². The van der Waals surface area contributed by atoms with Crippen LogP contribution < -0.4 is 5.32 Å². The molecule has 1 aliphatic carbocycles. The van der Waals surface area contributed by atoms with Gasteiger partial charge in [-0.3, -0.25) is 14.3 Å². The highest BCUT2D eigenvalue weighted by Crippen LogP contribution is 2.41. The van der Waals surface area contributed by atoms with Crippen molar-refractivity contribution in [2.24, 2.45) is 7.05 Å². The van der Waals surface area contributed by atoms with Crippen LogP contribution in [0.15, 0.2) is 18.3 Å². The van der Waals surface area contributed by atoms with Crippen LogP contribution in [0.5, 0.6) is 0 Å². The number of rotatable bonds is 4. The van der Waals surface area contributed by atoms with Crippen LogP contribution >= 0.6 is 0 Å². The lowest BCUT2D eigenvalue weighted by atomic mass is 10.1. The number of aryl methyl sites for hydroxylation is 1. The number of carbonyl (C=O) groups excluding carboxylic acids is 2. The largest absolute Gasteiger partial charge is 0.433 e. The molecule has 33 heavy (non-hydrogen) atoms. The monoisotopic (exact) mass is 461 g/mol. The third-order valence-electron chi connectivity index (χ3n) is 6.00. The van der Waals surface area contributed by atoms with Crippen LogP contribution in [0.1, 0.15) is 70.4 Å². The van der Waals surface area contributed by atoms with Crippen molar-refractivity contribution in [3.8, 4) is 0 Å². The van der Waals surface area contributed by atoms with E-state index < -0.39 is 17.8 Å². The van der Waals surface area contributed by atoms with Gasteiger partial charge in [-0.15, -0.1) is 0 Å². The molecule has 0 radical (unpaired) electrons. The third-order valence-corrected chi connectivity index (χ3v) is 6.00. The van der Waals surface area contributed by atoms with Gasteiger partial charge < -0.3 is 10.2 Å². The van der Waals surface area contributed by atoms with E-state index in [9.17, 15) is 22.8 Å². The van der Waals surface area contributed by atoms with Gasteiger partial charge >= 0.3 is 6.18 Å². The van der Waals surface area contributed by atoms with E-state index in [0.29, 0.717) is 23.3 Å². The van der Waals surface area contributed by atoms with Crippen LogP contribution in [0.3, 0.4) is 0 Å². The summed E-state index contributed by atoms with van der Waals surface area (Å²) >= 11 is 0. The van der Waals surface area contributed by atoms with Crippen molar-refractivity contribution in [2.45, 2.75) is 44.2 Å². The molecule has 2 fully saturated rings. The molecule has 5 rings (SSSR count). The molecule has 1 N–H and O–H groups in total.